The van der Waals surface area contributed by atoms with Crippen LogP contribution >= 0.6 is 0 Å². The van der Waals surface area contributed by atoms with Gasteiger partial charge in [-0.2, -0.15) is 9.78 Å². The van der Waals surface area contributed by atoms with E-state index in [0.717, 1.165) is 44.7 Å². The van der Waals surface area contributed by atoms with Crippen molar-refractivity contribution < 1.29 is 4.79 Å². The molecule has 1 aromatic carbocycles. The Kier molecular flexibility index (Phi) is 4.53. The van der Waals surface area contributed by atoms with Crippen LogP contribution in [-0.4, -0.2) is 51.8 Å². The summed E-state index contributed by atoms with van der Waals surface area (Å²) in [6.45, 7) is 6.37. The van der Waals surface area contributed by atoms with Crippen molar-refractivity contribution in [2.75, 3.05) is 26.2 Å². The molecule has 3 rings (SSSR count). The van der Waals surface area contributed by atoms with Crippen LogP contribution in [0.25, 0.3) is 0 Å². The number of hydrogen-bond acceptors (Lipinski definition) is 3. The van der Waals surface area contributed by atoms with Crippen LogP contribution in [0, 0.1) is 6.92 Å². The lowest BCUT2D eigenvalue weighted by molar-refractivity contribution is 0.196. The van der Waals surface area contributed by atoms with Crippen molar-refractivity contribution in [3.8, 4) is 0 Å². The van der Waals surface area contributed by atoms with Gasteiger partial charge in [0.1, 0.15) is 0 Å². The highest BCUT2D eigenvalue weighted by molar-refractivity contribution is 5.76. The second-order valence-corrected chi connectivity index (χ2v) is 5.85. The Morgan fingerprint density at radius 1 is 1.14 bits per heavy atom. The highest BCUT2D eigenvalue weighted by atomic mass is 16.2. The SMILES string of the molecule is Cc1cnn(C(=O)N2CCCN(Cc3ccccc3)CC2)c1. The van der Waals surface area contributed by atoms with Crippen LogP contribution in [-0.2, 0) is 6.54 Å². The largest absolute Gasteiger partial charge is 0.344 e. The van der Waals surface area contributed by atoms with E-state index >= 15 is 0 Å². The Labute approximate surface area is 131 Å². The Bertz CT molecular complexity index is 623. The normalized spacial score (nSPS) is 16.5. The number of amides is 1. The minimum atomic E-state index is -0.0188. The number of nitrogens with zero attached hydrogens (tertiary/aromatic N) is 4. The number of hydrogen-bond donors (Lipinski definition) is 0. The van der Waals surface area contributed by atoms with E-state index in [1.165, 1.54) is 10.2 Å². The van der Waals surface area contributed by atoms with Crippen molar-refractivity contribution in [3.63, 3.8) is 0 Å². The number of aryl methyl sites for hydroxylation is 1. The number of carbonyl (C=O) groups excluding carboxylic acids is 1. The molecule has 0 bridgehead atoms. The van der Waals surface area contributed by atoms with Crippen LogP contribution in [0.3, 0.4) is 0 Å². The highest BCUT2D eigenvalue weighted by Crippen LogP contribution is 2.10. The minimum absolute atomic E-state index is 0.0188. The maximum absolute atomic E-state index is 12.4. The molecule has 116 valence electrons. The number of rotatable bonds is 2. The first kappa shape index (κ1) is 14.8. The first-order valence-electron chi connectivity index (χ1n) is 7.79. The van der Waals surface area contributed by atoms with Gasteiger partial charge in [0.2, 0.25) is 0 Å². The quantitative estimate of drug-likeness (QED) is 0.854. The molecule has 0 saturated carbocycles. The van der Waals surface area contributed by atoms with Crippen molar-refractivity contribution in [2.24, 2.45) is 0 Å². The van der Waals surface area contributed by atoms with E-state index in [9.17, 15) is 4.79 Å². The van der Waals surface area contributed by atoms with Crippen LogP contribution in [0.2, 0.25) is 0 Å². The molecular formula is C17H22N4O. The second-order valence-electron chi connectivity index (χ2n) is 5.85. The fourth-order valence-electron chi connectivity index (χ4n) is 2.82. The standard InChI is InChI=1S/C17H22N4O/c1-15-12-18-21(13-15)17(22)20-9-5-8-19(10-11-20)14-16-6-3-2-4-7-16/h2-4,6-7,12-13H,5,8-11,14H2,1H3. The zero-order chi connectivity index (χ0) is 15.4. The predicted molar refractivity (Wildman–Crippen MR) is 85.7 cm³/mol. The van der Waals surface area contributed by atoms with Crippen molar-refractivity contribution >= 4 is 6.03 Å². The fourth-order valence-corrected chi connectivity index (χ4v) is 2.82. The third-order valence-electron chi connectivity index (χ3n) is 4.02. The summed E-state index contributed by atoms with van der Waals surface area (Å²) in [7, 11) is 0. The van der Waals surface area contributed by atoms with Gasteiger partial charge in [0.15, 0.2) is 0 Å². The summed E-state index contributed by atoms with van der Waals surface area (Å²) >= 11 is 0. The Hall–Kier alpha value is -2.14. The number of benzene rings is 1. The average molecular weight is 298 g/mol. The molecule has 22 heavy (non-hydrogen) atoms. The zero-order valence-corrected chi connectivity index (χ0v) is 13.0. The molecule has 5 nitrogen and oxygen atoms in total. The third-order valence-corrected chi connectivity index (χ3v) is 4.02. The van der Waals surface area contributed by atoms with E-state index in [4.69, 9.17) is 0 Å². The first-order valence-corrected chi connectivity index (χ1v) is 7.79. The van der Waals surface area contributed by atoms with E-state index in [0.29, 0.717) is 0 Å². The summed E-state index contributed by atoms with van der Waals surface area (Å²) in [6.07, 6.45) is 4.51. The van der Waals surface area contributed by atoms with Crippen LogP contribution in [0.4, 0.5) is 4.79 Å². The van der Waals surface area contributed by atoms with Crippen molar-refractivity contribution in [2.45, 2.75) is 19.9 Å². The zero-order valence-electron chi connectivity index (χ0n) is 13.0. The summed E-state index contributed by atoms with van der Waals surface area (Å²) in [4.78, 5) is 16.8. The van der Waals surface area contributed by atoms with Gasteiger partial charge in [-0.3, -0.25) is 4.90 Å². The van der Waals surface area contributed by atoms with Gasteiger partial charge in [0, 0.05) is 38.9 Å². The van der Waals surface area contributed by atoms with Crippen LogP contribution < -0.4 is 0 Å². The van der Waals surface area contributed by atoms with Crippen LogP contribution in [0.1, 0.15) is 17.5 Å². The fraction of sp³-hybridized carbons (Fsp3) is 0.412. The lowest BCUT2D eigenvalue weighted by Gasteiger charge is -2.21. The molecule has 0 N–H and O–H groups in total. The topological polar surface area (TPSA) is 41.4 Å². The van der Waals surface area contributed by atoms with Gasteiger partial charge in [-0.25, -0.2) is 4.79 Å². The lowest BCUT2D eigenvalue weighted by atomic mass is 10.2. The molecule has 0 unspecified atom stereocenters. The van der Waals surface area contributed by atoms with Gasteiger partial charge in [0.25, 0.3) is 0 Å². The predicted octanol–water partition coefficient (Wildman–Crippen LogP) is 2.37. The van der Waals surface area contributed by atoms with E-state index in [-0.39, 0.29) is 6.03 Å². The van der Waals surface area contributed by atoms with E-state index in [1.807, 2.05) is 17.9 Å². The molecule has 1 aromatic heterocycles. The summed E-state index contributed by atoms with van der Waals surface area (Å²) in [5.41, 5.74) is 2.33. The highest BCUT2D eigenvalue weighted by Gasteiger charge is 2.20. The molecule has 1 aliphatic heterocycles. The monoisotopic (exact) mass is 298 g/mol. The molecule has 5 heteroatoms. The first-order chi connectivity index (χ1) is 10.7. The molecule has 1 saturated heterocycles. The molecule has 1 amide bonds. The Balaban J connectivity index is 1.59. The summed E-state index contributed by atoms with van der Waals surface area (Å²) in [6, 6.07) is 10.5. The molecule has 0 radical (unpaired) electrons. The van der Waals surface area contributed by atoms with Gasteiger partial charge < -0.3 is 4.90 Å². The molecule has 0 spiro atoms. The molecule has 1 fully saturated rings. The lowest BCUT2D eigenvalue weighted by Crippen LogP contribution is -2.38. The van der Waals surface area contributed by atoms with E-state index in [2.05, 4.69) is 34.3 Å². The summed E-state index contributed by atoms with van der Waals surface area (Å²) in [5, 5.41) is 4.12. The average Bonchev–Trinajstić information content (AvgIpc) is 2.83. The molecule has 1 aliphatic rings. The molecule has 0 atom stereocenters. The molecular weight excluding hydrogens is 276 g/mol. The third kappa shape index (κ3) is 3.54. The summed E-state index contributed by atoms with van der Waals surface area (Å²) in [5.74, 6) is 0. The van der Waals surface area contributed by atoms with Crippen LogP contribution in [0.5, 0.6) is 0 Å². The smallest absolute Gasteiger partial charge is 0.322 e. The molecule has 0 aliphatic carbocycles. The van der Waals surface area contributed by atoms with Gasteiger partial charge in [-0.05, 0) is 24.5 Å². The maximum Gasteiger partial charge on any atom is 0.344 e. The minimum Gasteiger partial charge on any atom is -0.322 e. The van der Waals surface area contributed by atoms with Crippen molar-refractivity contribution in [3.05, 3.63) is 53.9 Å². The van der Waals surface area contributed by atoms with Crippen molar-refractivity contribution in [1.82, 2.24) is 19.6 Å². The number of carbonyl (C=O) groups is 1. The maximum atomic E-state index is 12.4. The Morgan fingerprint density at radius 2 is 1.95 bits per heavy atom. The second kappa shape index (κ2) is 6.75. The number of aromatic nitrogens is 2. The van der Waals surface area contributed by atoms with E-state index in [1.54, 1.807) is 12.4 Å². The van der Waals surface area contributed by atoms with Gasteiger partial charge in [0.05, 0.1) is 6.20 Å². The van der Waals surface area contributed by atoms with E-state index < -0.39 is 0 Å². The molecule has 2 heterocycles. The van der Waals surface area contributed by atoms with Crippen molar-refractivity contribution in [1.29, 1.82) is 0 Å². The van der Waals surface area contributed by atoms with Gasteiger partial charge >= 0.3 is 6.03 Å². The summed E-state index contributed by atoms with van der Waals surface area (Å²) < 4.78 is 1.45. The van der Waals surface area contributed by atoms with Gasteiger partial charge in [-0.15, -0.1) is 0 Å². The molecule has 2 aromatic rings. The van der Waals surface area contributed by atoms with Crippen LogP contribution in [0.15, 0.2) is 42.7 Å². The Morgan fingerprint density at radius 3 is 2.68 bits per heavy atom. The van der Waals surface area contributed by atoms with Gasteiger partial charge in [-0.1, -0.05) is 30.3 Å².